The lowest BCUT2D eigenvalue weighted by Crippen LogP contribution is -2.08. The number of hydrogen-bond donors (Lipinski definition) is 0. The smallest absolute Gasteiger partial charge is 0.0991 e. The van der Waals surface area contributed by atoms with Gasteiger partial charge in [0.2, 0.25) is 0 Å². The summed E-state index contributed by atoms with van der Waals surface area (Å²) < 4.78 is 5.68. The lowest BCUT2D eigenvalue weighted by molar-refractivity contribution is 0.107. The summed E-state index contributed by atoms with van der Waals surface area (Å²) in [7, 11) is 4.05. The lowest BCUT2D eigenvalue weighted by Gasteiger charge is -2.12. The fourth-order valence-electron chi connectivity index (χ4n) is 1.85. The molecule has 0 aliphatic heterocycles. The van der Waals surface area contributed by atoms with E-state index in [1.807, 2.05) is 38.4 Å². The van der Waals surface area contributed by atoms with E-state index >= 15 is 0 Å². The van der Waals surface area contributed by atoms with Crippen LogP contribution in [0.2, 0.25) is 0 Å². The van der Waals surface area contributed by atoms with Crippen LogP contribution in [0.5, 0.6) is 0 Å². The van der Waals surface area contributed by atoms with Crippen LogP contribution in [0.15, 0.2) is 48.5 Å². The van der Waals surface area contributed by atoms with Gasteiger partial charge in [-0.3, -0.25) is 0 Å². The molecule has 0 aliphatic carbocycles. The average molecular weight is 266 g/mol. The zero-order valence-corrected chi connectivity index (χ0v) is 11.8. The van der Waals surface area contributed by atoms with Gasteiger partial charge in [-0.15, -0.1) is 0 Å². The largest absolute Gasteiger partial charge is 0.378 e. The van der Waals surface area contributed by atoms with Crippen LogP contribution in [-0.2, 0) is 18.0 Å². The maximum Gasteiger partial charge on any atom is 0.0991 e. The molecule has 0 atom stereocenters. The Morgan fingerprint density at radius 1 is 0.900 bits per heavy atom. The van der Waals surface area contributed by atoms with Crippen LogP contribution in [0.25, 0.3) is 0 Å². The Morgan fingerprint density at radius 3 is 1.85 bits per heavy atom. The summed E-state index contributed by atoms with van der Waals surface area (Å²) in [5.74, 6) is 0. The summed E-state index contributed by atoms with van der Waals surface area (Å²) in [5, 5.41) is 8.73. The van der Waals surface area contributed by atoms with E-state index in [2.05, 4.69) is 35.2 Å². The van der Waals surface area contributed by atoms with Crippen LogP contribution in [0, 0.1) is 11.3 Å². The van der Waals surface area contributed by atoms with Crippen molar-refractivity contribution in [3.8, 4) is 6.07 Å². The first-order valence-electron chi connectivity index (χ1n) is 6.52. The van der Waals surface area contributed by atoms with Gasteiger partial charge in [0.1, 0.15) is 0 Å². The number of hydrogen-bond acceptors (Lipinski definition) is 3. The Hall–Kier alpha value is -2.31. The lowest BCUT2D eigenvalue weighted by atomic mass is 10.1. The van der Waals surface area contributed by atoms with Crippen LogP contribution < -0.4 is 4.90 Å². The van der Waals surface area contributed by atoms with Gasteiger partial charge in [-0.1, -0.05) is 24.3 Å². The van der Waals surface area contributed by atoms with Crippen LogP contribution in [-0.4, -0.2) is 14.1 Å². The monoisotopic (exact) mass is 266 g/mol. The number of anilines is 1. The third-order valence-electron chi connectivity index (χ3n) is 3.07. The summed E-state index contributed by atoms with van der Waals surface area (Å²) in [6.45, 7) is 1.15. The predicted molar refractivity (Wildman–Crippen MR) is 80.4 cm³/mol. The highest BCUT2D eigenvalue weighted by molar-refractivity contribution is 5.45. The first kappa shape index (κ1) is 14.1. The van der Waals surface area contributed by atoms with E-state index in [1.54, 1.807) is 0 Å². The van der Waals surface area contributed by atoms with Crippen molar-refractivity contribution in [3.63, 3.8) is 0 Å². The minimum Gasteiger partial charge on any atom is -0.378 e. The molecule has 0 spiro atoms. The van der Waals surface area contributed by atoms with Gasteiger partial charge in [0.15, 0.2) is 0 Å². The van der Waals surface area contributed by atoms with E-state index in [1.165, 1.54) is 5.69 Å². The highest BCUT2D eigenvalue weighted by Gasteiger charge is 1.98. The summed E-state index contributed by atoms with van der Waals surface area (Å²) in [6.07, 6.45) is 0. The zero-order valence-electron chi connectivity index (χ0n) is 11.8. The maximum absolute atomic E-state index is 8.73. The van der Waals surface area contributed by atoms with Gasteiger partial charge in [0.25, 0.3) is 0 Å². The third-order valence-corrected chi connectivity index (χ3v) is 3.07. The molecule has 0 unspecified atom stereocenters. The highest BCUT2D eigenvalue weighted by Crippen LogP contribution is 2.13. The Bertz CT molecular complexity index is 580. The molecule has 0 fully saturated rings. The molecule has 0 N–H and O–H groups in total. The van der Waals surface area contributed by atoms with Crippen molar-refractivity contribution in [3.05, 3.63) is 65.2 Å². The molecule has 0 saturated carbocycles. The molecule has 0 radical (unpaired) electrons. The normalized spacial score (nSPS) is 10.1. The fraction of sp³-hybridized carbons (Fsp3) is 0.235. The first-order chi connectivity index (χ1) is 9.69. The Morgan fingerprint density at radius 2 is 1.40 bits per heavy atom. The second kappa shape index (κ2) is 6.74. The molecule has 0 amide bonds. The number of benzene rings is 2. The number of ether oxygens (including phenoxy) is 1. The molecule has 2 rings (SSSR count). The SMILES string of the molecule is CN(C)c1ccc(COCc2ccc(C#N)cc2)cc1. The Kier molecular flexibility index (Phi) is 4.75. The standard InChI is InChI=1S/C17H18N2O/c1-19(2)17-9-7-16(8-10-17)13-20-12-15-5-3-14(11-18)4-6-15/h3-10H,12-13H2,1-2H3. The third kappa shape index (κ3) is 3.84. The zero-order chi connectivity index (χ0) is 14.4. The van der Waals surface area contributed by atoms with Crippen LogP contribution in [0.4, 0.5) is 5.69 Å². The van der Waals surface area contributed by atoms with Crippen molar-refractivity contribution in [1.29, 1.82) is 5.26 Å². The summed E-state index contributed by atoms with van der Waals surface area (Å²) >= 11 is 0. The van der Waals surface area contributed by atoms with Gasteiger partial charge >= 0.3 is 0 Å². The molecule has 0 aliphatic rings. The van der Waals surface area contributed by atoms with E-state index in [-0.39, 0.29) is 0 Å². The number of nitriles is 1. The fourth-order valence-corrected chi connectivity index (χ4v) is 1.85. The molecule has 3 nitrogen and oxygen atoms in total. The molecule has 0 heterocycles. The highest BCUT2D eigenvalue weighted by atomic mass is 16.5. The molecular weight excluding hydrogens is 248 g/mol. The first-order valence-corrected chi connectivity index (χ1v) is 6.52. The molecular formula is C17H18N2O. The Labute approximate surface area is 120 Å². The molecule has 20 heavy (non-hydrogen) atoms. The molecule has 3 heteroatoms. The van der Waals surface area contributed by atoms with Gasteiger partial charge in [0, 0.05) is 19.8 Å². The van der Waals surface area contributed by atoms with Crippen molar-refractivity contribution in [2.75, 3.05) is 19.0 Å². The maximum atomic E-state index is 8.73. The van der Waals surface area contributed by atoms with Gasteiger partial charge in [-0.2, -0.15) is 5.26 Å². The topological polar surface area (TPSA) is 36.3 Å². The van der Waals surface area contributed by atoms with E-state index in [4.69, 9.17) is 10.00 Å². The van der Waals surface area contributed by atoms with Crippen molar-refractivity contribution < 1.29 is 4.74 Å². The van der Waals surface area contributed by atoms with Crippen molar-refractivity contribution in [2.24, 2.45) is 0 Å². The van der Waals surface area contributed by atoms with Crippen molar-refractivity contribution in [2.45, 2.75) is 13.2 Å². The quantitative estimate of drug-likeness (QED) is 0.832. The van der Waals surface area contributed by atoms with E-state index in [9.17, 15) is 0 Å². The second-order valence-corrected chi connectivity index (χ2v) is 4.86. The molecule has 0 aromatic heterocycles. The van der Waals surface area contributed by atoms with Crippen molar-refractivity contribution >= 4 is 5.69 Å². The van der Waals surface area contributed by atoms with Crippen molar-refractivity contribution in [1.82, 2.24) is 0 Å². The molecule has 0 saturated heterocycles. The summed E-state index contributed by atoms with van der Waals surface area (Å²) in [5.41, 5.74) is 4.09. The van der Waals surface area contributed by atoms with E-state index in [0.29, 0.717) is 18.8 Å². The van der Waals surface area contributed by atoms with Gasteiger partial charge in [0.05, 0.1) is 24.8 Å². The predicted octanol–water partition coefficient (Wildman–Crippen LogP) is 3.34. The summed E-state index contributed by atoms with van der Waals surface area (Å²) in [6, 6.07) is 17.9. The minimum absolute atomic E-state index is 0.557. The molecule has 2 aromatic carbocycles. The molecule has 0 bridgehead atoms. The van der Waals surface area contributed by atoms with E-state index in [0.717, 1.165) is 11.1 Å². The average Bonchev–Trinajstić information content (AvgIpc) is 2.48. The molecule has 102 valence electrons. The van der Waals surface area contributed by atoms with Crippen LogP contribution in [0.3, 0.4) is 0 Å². The number of nitrogens with zero attached hydrogens (tertiary/aromatic N) is 2. The minimum atomic E-state index is 0.557. The van der Waals surface area contributed by atoms with Gasteiger partial charge in [-0.25, -0.2) is 0 Å². The summed E-state index contributed by atoms with van der Waals surface area (Å²) in [4.78, 5) is 2.07. The Balaban J connectivity index is 1.84. The second-order valence-electron chi connectivity index (χ2n) is 4.86. The van der Waals surface area contributed by atoms with Gasteiger partial charge < -0.3 is 9.64 Å². The molecule has 2 aromatic rings. The van der Waals surface area contributed by atoms with Gasteiger partial charge in [-0.05, 0) is 35.4 Å². The number of rotatable bonds is 5. The van der Waals surface area contributed by atoms with Crippen LogP contribution >= 0.6 is 0 Å². The van der Waals surface area contributed by atoms with E-state index < -0.39 is 0 Å². The van der Waals surface area contributed by atoms with Crippen LogP contribution in [0.1, 0.15) is 16.7 Å².